The average molecular weight is 983 g/mol. The molecular formula is C54H64F2N12O4. The monoisotopic (exact) mass is 983 g/mol. The number of ether oxygens (including phenoxy) is 1. The summed E-state index contributed by atoms with van der Waals surface area (Å²) in [6.07, 6.45) is 6.65. The minimum atomic E-state index is -0.613. The number of benzene rings is 4. The van der Waals surface area contributed by atoms with E-state index in [-0.39, 0.29) is 46.4 Å². The van der Waals surface area contributed by atoms with Crippen molar-refractivity contribution in [3.05, 3.63) is 108 Å². The van der Waals surface area contributed by atoms with Gasteiger partial charge in [0.25, 0.3) is 5.91 Å². The summed E-state index contributed by atoms with van der Waals surface area (Å²) in [4.78, 5) is 33.0. The first kappa shape index (κ1) is 50.1. The number of nitrogens with zero attached hydrogens (tertiary/aromatic N) is 9. The van der Waals surface area contributed by atoms with E-state index in [0.717, 1.165) is 58.7 Å². The summed E-state index contributed by atoms with van der Waals surface area (Å²) in [7, 11) is 3.64. The number of anilines is 1. The Bertz CT molecular complexity index is 3010. The summed E-state index contributed by atoms with van der Waals surface area (Å²) in [5.74, 6) is -0.392. The number of amides is 1. The third-order valence-corrected chi connectivity index (χ3v) is 13.8. The standard InChI is InChI=1S/C25H32N6O3.C24H21F2N5O.C5H11N/c1-4-27-25(34)24-29-28-23(20-13-19(16(2)3)21(32)14-22(20)33)31(24)18-7-5-17(6-8-18)15-30-11-9-26-10-12-30;1-32-24-29-22-17(23(30-24)31-11-14-8-9-15(12-31)28-14)10-27-21(20(22)26)16-6-2-4-13-5-3-7-18(25)19(13)16;1-6-4-2-3-5-6/h5-8,13-14,16,26,32-33H,4,9-12,15H2,1-3H3,(H,27,34);2-7,10,14-15,28H,8-9,11-12H2,1H3;2-5H2,1H3. The molecule has 2 unspecified atom stereocenters. The van der Waals surface area contributed by atoms with Crippen molar-refractivity contribution in [3.8, 4) is 45.8 Å². The van der Waals surface area contributed by atoms with E-state index in [9.17, 15) is 19.4 Å². The minimum Gasteiger partial charge on any atom is -0.508 e. The Balaban J connectivity index is 0.000000159. The molecule has 2 atom stereocenters. The van der Waals surface area contributed by atoms with Gasteiger partial charge in [-0.2, -0.15) is 9.97 Å². The molecule has 0 saturated carbocycles. The first-order valence-corrected chi connectivity index (χ1v) is 25.0. The number of piperazine rings is 2. The fourth-order valence-corrected chi connectivity index (χ4v) is 10.1. The van der Waals surface area contributed by atoms with Crippen LogP contribution in [0.3, 0.4) is 0 Å². The maximum atomic E-state index is 15.9. The lowest BCUT2D eigenvalue weighted by Gasteiger charge is -2.34. The molecule has 72 heavy (non-hydrogen) atoms. The molecule has 16 nitrogen and oxygen atoms in total. The van der Waals surface area contributed by atoms with Crippen LogP contribution in [0.2, 0.25) is 0 Å². The zero-order chi connectivity index (χ0) is 50.5. The van der Waals surface area contributed by atoms with Crippen LogP contribution in [-0.4, -0.2) is 141 Å². The number of phenols is 2. The van der Waals surface area contributed by atoms with Crippen LogP contribution in [0.1, 0.15) is 74.1 Å². The number of aromatic hydroxyl groups is 2. The highest BCUT2D eigenvalue weighted by Crippen LogP contribution is 2.39. The molecule has 4 aliphatic heterocycles. The van der Waals surface area contributed by atoms with Crippen LogP contribution < -0.4 is 25.6 Å². The lowest BCUT2D eigenvalue weighted by atomic mass is 9.98. The summed E-state index contributed by atoms with van der Waals surface area (Å²) in [6.45, 7) is 15.3. The van der Waals surface area contributed by atoms with Gasteiger partial charge in [0.2, 0.25) is 5.82 Å². The Morgan fingerprint density at radius 1 is 0.889 bits per heavy atom. The minimum absolute atomic E-state index is 0.0172. The number of fused-ring (bicyclic) bond motifs is 4. The number of hydrogen-bond donors (Lipinski definition) is 5. The van der Waals surface area contributed by atoms with Gasteiger partial charge in [-0.3, -0.25) is 19.2 Å². The Morgan fingerprint density at radius 2 is 1.60 bits per heavy atom. The highest BCUT2D eigenvalue weighted by Gasteiger charge is 2.34. The van der Waals surface area contributed by atoms with Gasteiger partial charge in [-0.05, 0) is 99.4 Å². The molecule has 4 aliphatic rings. The summed E-state index contributed by atoms with van der Waals surface area (Å²) in [6, 6.07) is 21.9. The van der Waals surface area contributed by atoms with Crippen LogP contribution in [0.5, 0.6) is 17.5 Å². The van der Waals surface area contributed by atoms with E-state index < -0.39 is 11.6 Å². The summed E-state index contributed by atoms with van der Waals surface area (Å²) in [5.41, 5.74) is 3.52. The van der Waals surface area contributed by atoms with Gasteiger partial charge in [0.15, 0.2) is 11.6 Å². The molecule has 7 heterocycles. The Hall–Kier alpha value is -6.86. The third kappa shape index (κ3) is 10.8. The number of nitrogens with one attached hydrogen (secondary N) is 3. The molecule has 0 spiro atoms. The second kappa shape index (κ2) is 22.3. The molecule has 7 aromatic rings. The predicted octanol–water partition coefficient (Wildman–Crippen LogP) is 7.41. The van der Waals surface area contributed by atoms with Gasteiger partial charge in [-0.15, -0.1) is 10.2 Å². The smallest absolute Gasteiger partial charge is 0.318 e. The number of carbonyl (C=O) groups is 1. The van der Waals surface area contributed by atoms with Gasteiger partial charge in [-0.1, -0.05) is 56.3 Å². The lowest BCUT2D eigenvalue weighted by Crippen LogP contribution is -2.51. The number of phenolic OH excluding ortho intramolecular Hbond substituents is 2. The highest BCUT2D eigenvalue weighted by molar-refractivity contribution is 5.99. The predicted molar refractivity (Wildman–Crippen MR) is 276 cm³/mol. The highest BCUT2D eigenvalue weighted by atomic mass is 19.1. The van der Waals surface area contributed by atoms with E-state index >= 15 is 4.39 Å². The van der Waals surface area contributed by atoms with E-state index in [0.29, 0.717) is 68.8 Å². The van der Waals surface area contributed by atoms with Crippen molar-refractivity contribution < 1.29 is 28.5 Å². The number of likely N-dealkylation sites (tertiary alicyclic amines) is 1. The molecule has 4 fully saturated rings. The van der Waals surface area contributed by atoms with Gasteiger partial charge < -0.3 is 40.7 Å². The maximum Gasteiger partial charge on any atom is 0.318 e. The van der Waals surface area contributed by atoms with Gasteiger partial charge >= 0.3 is 6.01 Å². The van der Waals surface area contributed by atoms with Gasteiger partial charge in [0.05, 0.1) is 18.1 Å². The Labute approximate surface area is 418 Å². The maximum absolute atomic E-state index is 15.9. The third-order valence-electron chi connectivity index (χ3n) is 13.8. The Kier molecular flexibility index (Phi) is 15.5. The zero-order valence-corrected chi connectivity index (χ0v) is 41.6. The van der Waals surface area contributed by atoms with Crippen molar-refractivity contribution >= 4 is 33.4 Å². The van der Waals surface area contributed by atoms with Crippen molar-refractivity contribution in [3.63, 3.8) is 0 Å². The summed E-state index contributed by atoms with van der Waals surface area (Å²) in [5, 5.41) is 40.6. The largest absolute Gasteiger partial charge is 0.508 e. The van der Waals surface area contributed by atoms with E-state index in [1.807, 2.05) is 45.0 Å². The number of aromatic nitrogens is 6. The Morgan fingerprint density at radius 3 is 2.25 bits per heavy atom. The normalized spacial score (nSPS) is 18.0. The van der Waals surface area contributed by atoms with Crippen LogP contribution in [-0.2, 0) is 6.54 Å². The SMILES string of the molecule is CCNC(=O)c1nnc(-c2cc(C(C)C)c(O)cc2O)n1-c1ccc(CN2CCNCC2)cc1.CN1CCCC1.COc1nc(N2CC3CCC(C2)N3)c2cnc(-c3cccc4cccc(F)c34)c(F)c2n1. The van der Waals surface area contributed by atoms with E-state index in [1.165, 1.54) is 50.7 Å². The zero-order valence-electron chi connectivity index (χ0n) is 41.6. The number of halogens is 2. The number of rotatable bonds is 10. The molecule has 11 rings (SSSR count). The lowest BCUT2D eigenvalue weighted by molar-refractivity contribution is 0.0943. The average Bonchev–Trinajstić information content (AvgIpc) is 4.14. The van der Waals surface area contributed by atoms with Gasteiger partial charge in [0, 0.05) is 93.3 Å². The van der Waals surface area contributed by atoms with E-state index in [4.69, 9.17) is 4.74 Å². The number of methoxy groups -OCH3 is 1. The number of hydrogen-bond acceptors (Lipinski definition) is 14. The number of pyridine rings is 1. The molecule has 4 saturated heterocycles. The first-order valence-electron chi connectivity index (χ1n) is 25.0. The first-order chi connectivity index (χ1) is 34.9. The topological polar surface area (TPSA) is 182 Å². The molecule has 0 radical (unpaired) electrons. The second-order valence-corrected chi connectivity index (χ2v) is 19.2. The molecule has 4 aromatic carbocycles. The fraction of sp³-hybridized carbons (Fsp3) is 0.407. The van der Waals surface area contributed by atoms with Crippen molar-refractivity contribution in [1.82, 2.24) is 55.5 Å². The molecular weight excluding hydrogens is 919 g/mol. The molecule has 1 amide bonds. The fourth-order valence-electron chi connectivity index (χ4n) is 10.1. The number of carbonyl (C=O) groups excluding carboxylic acids is 1. The molecule has 5 N–H and O–H groups in total. The van der Waals surface area contributed by atoms with Crippen LogP contribution >= 0.6 is 0 Å². The molecule has 3 aromatic heterocycles. The van der Waals surface area contributed by atoms with Gasteiger partial charge in [-0.25, -0.2) is 8.78 Å². The van der Waals surface area contributed by atoms with Gasteiger partial charge in [0.1, 0.15) is 34.3 Å². The molecule has 18 heteroatoms. The van der Waals surface area contributed by atoms with Crippen LogP contribution in [0.4, 0.5) is 14.6 Å². The van der Waals surface area contributed by atoms with Crippen molar-refractivity contribution in [2.75, 3.05) is 78.0 Å². The quantitative estimate of drug-likeness (QED) is 0.0914. The van der Waals surface area contributed by atoms with Crippen molar-refractivity contribution in [1.29, 1.82) is 0 Å². The molecule has 2 bridgehead atoms. The van der Waals surface area contributed by atoms with Crippen LogP contribution in [0, 0.1) is 11.6 Å². The summed E-state index contributed by atoms with van der Waals surface area (Å²) < 4.78 is 37.5. The second-order valence-electron chi connectivity index (χ2n) is 19.2. The van der Waals surface area contributed by atoms with Crippen LogP contribution in [0.25, 0.3) is 50.0 Å². The van der Waals surface area contributed by atoms with E-state index in [1.54, 1.807) is 47.2 Å². The van der Waals surface area contributed by atoms with Crippen LogP contribution in [0.15, 0.2) is 79.0 Å². The van der Waals surface area contributed by atoms with Crippen molar-refractivity contribution in [2.45, 2.75) is 71.0 Å². The summed E-state index contributed by atoms with van der Waals surface area (Å²) >= 11 is 0. The van der Waals surface area contributed by atoms with Crippen molar-refractivity contribution in [2.24, 2.45) is 0 Å². The molecule has 0 aliphatic carbocycles. The molecule has 378 valence electrons. The van der Waals surface area contributed by atoms with E-state index in [2.05, 4.69) is 62.8 Å².